The molecule has 2 heterocycles. The van der Waals surface area contributed by atoms with Crippen molar-refractivity contribution < 1.29 is 86.9 Å². The maximum absolute atomic E-state index is 13.3. The van der Waals surface area contributed by atoms with Crippen molar-refractivity contribution in [2.24, 2.45) is 0 Å². The number of aromatic nitrogens is 2. The number of piperidine rings is 1. The van der Waals surface area contributed by atoms with E-state index in [-0.39, 0.29) is 86.4 Å². The summed E-state index contributed by atoms with van der Waals surface area (Å²) in [6.07, 6.45) is -2.06. The zero-order valence-corrected chi connectivity index (χ0v) is 22.3. The molecule has 0 radical (unpaired) electrons. The number of benzene rings is 1. The van der Waals surface area contributed by atoms with E-state index >= 15 is 0 Å². The van der Waals surface area contributed by atoms with Gasteiger partial charge in [-0.25, -0.2) is 5.10 Å². The maximum Gasteiger partial charge on any atom is 1.00 e. The first-order valence-electron chi connectivity index (χ1n) is 8.96. The quantitative estimate of drug-likeness (QED) is 0.633. The number of H-pyrrole nitrogens is 1. The molecule has 0 atom stereocenters. The Balaban J connectivity index is 0.00000280. The molecule has 1 aliphatic rings. The third kappa shape index (κ3) is 5.20. The number of nitrogens with one attached hydrogen (secondary N) is 1. The van der Waals surface area contributed by atoms with Crippen LogP contribution < -0.4 is 68.9 Å². The van der Waals surface area contributed by atoms with Crippen molar-refractivity contribution in [2.75, 3.05) is 13.1 Å². The smallest absolute Gasteiger partial charge is 0.348 e. The second kappa shape index (κ2) is 10.1. The van der Waals surface area contributed by atoms with Gasteiger partial charge in [0.1, 0.15) is 0 Å². The number of likely N-dealkylation sites (tertiary alicyclic amines) is 1. The zero-order chi connectivity index (χ0) is 19.6. The monoisotopic (exact) mass is 510 g/mol. The molecule has 8 heteroatoms. The summed E-state index contributed by atoms with van der Waals surface area (Å²) in [6.45, 7) is 8.49. The van der Waals surface area contributed by atoms with Gasteiger partial charge in [0.25, 0.3) is 0 Å². The maximum atomic E-state index is 13.3. The minimum Gasteiger partial charge on any atom is -0.348 e. The van der Waals surface area contributed by atoms with Crippen LogP contribution in [-0.2, 0) is 12.6 Å². The van der Waals surface area contributed by atoms with Crippen LogP contribution in [-0.4, -0.2) is 34.1 Å². The third-order valence-corrected chi connectivity index (χ3v) is 5.07. The van der Waals surface area contributed by atoms with E-state index in [9.17, 15) is 18.0 Å². The molecule has 4 nitrogen and oxygen atoms in total. The number of nitrogens with zero attached hydrogens (tertiary/aromatic N) is 2. The molecule has 1 N–H and O–H groups in total. The summed E-state index contributed by atoms with van der Waals surface area (Å²) in [5.74, 6) is -0.443. The first-order valence-corrected chi connectivity index (χ1v) is 8.96. The van der Waals surface area contributed by atoms with Gasteiger partial charge < -0.3 is 16.9 Å². The summed E-state index contributed by atoms with van der Waals surface area (Å²) >= 11 is 0. The van der Waals surface area contributed by atoms with Gasteiger partial charge in [0.05, 0.1) is 5.56 Å². The van der Waals surface area contributed by atoms with Crippen LogP contribution in [0.25, 0.3) is 0 Å². The number of carbonyl (C=O) groups excluding carboxylic acids is 1. The van der Waals surface area contributed by atoms with Crippen LogP contribution in [0.5, 0.6) is 0 Å². The number of halogens is 3. The Kier molecular flexibility index (Phi) is 8.60. The van der Waals surface area contributed by atoms with Gasteiger partial charge in [-0.1, -0.05) is 30.3 Å². The summed E-state index contributed by atoms with van der Waals surface area (Å²) in [5, 5.41) is 6.91. The van der Waals surface area contributed by atoms with E-state index in [1.54, 1.807) is 11.0 Å². The molecule has 1 aromatic carbocycles. The van der Waals surface area contributed by atoms with Crippen molar-refractivity contribution in [1.29, 1.82) is 0 Å². The summed E-state index contributed by atoms with van der Waals surface area (Å²) in [7, 11) is 0. The number of hydrogen-bond acceptors (Lipinski definition) is 2. The summed E-state index contributed by atoms with van der Waals surface area (Å²) in [5.41, 5.74) is 1.38. The number of alkyl halides is 3. The molecule has 1 aliphatic heterocycles. The summed E-state index contributed by atoms with van der Waals surface area (Å²) < 4.78 is 39.8. The molecular weight excluding hydrogens is 488 g/mol. The minimum absolute atomic E-state index is 0. The van der Waals surface area contributed by atoms with Gasteiger partial charge in [-0.15, -0.1) is 5.56 Å². The van der Waals surface area contributed by atoms with E-state index in [0.717, 1.165) is 11.8 Å². The van der Waals surface area contributed by atoms with Crippen molar-refractivity contribution in [3.05, 3.63) is 66.2 Å². The van der Waals surface area contributed by atoms with E-state index in [1.165, 1.54) is 12.1 Å². The molecule has 1 fully saturated rings. The number of rotatable bonds is 4. The van der Waals surface area contributed by atoms with Gasteiger partial charge in [-0.2, -0.15) is 26.5 Å². The van der Waals surface area contributed by atoms with Crippen LogP contribution in [0.1, 0.15) is 58.1 Å². The van der Waals surface area contributed by atoms with E-state index in [2.05, 4.69) is 24.0 Å². The van der Waals surface area contributed by atoms with Gasteiger partial charge in [0.2, 0.25) is 5.91 Å². The topological polar surface area (TPSA) is 49.0 Å². The van der Waals surface area contributed by atoms with Crippen molar-refractivity contribution >= 4 is 5.91 Å². The second-order valence-electron chi connectivity index (χ2n) is 6.78. The first-order chi connectivity index (χ1) is 12.8. The molecule has 2 aromatic rings. The molecule has 3 rings (SSSR count). The zero-order valence-electron chi connectivity index (χ0n) is 16.0. The predicted molar refractivity (Wildman–Crippen MR) is 96.0 cm³/mol. The molecule has 0 aliphatic carbocycles. The molecule has 0 unspecified atom stereocenters. The Labute approximate surface area is 222 Å². The molecule has 146 valence electrons. The fourth-order valence-corrected chi connectivity index (χ4v) is 3.62. The second-order valence-corrected chi connectivity index (χ2v) is 6.78. The van der Waals surface area contributed by atoms with Crippen molar-refractivity contribution in [2.45, 2.75) is 37.8 Å². The van der Waals surface area contributed by atoms with Gasteiger partial charge in [0.15, 0.2) is 0 Å². The largest absolute Gasteiger partial charge is 1.00 e. The molecule has 1 aromatic heterocycles. The minimum atomic E-state index is -4.37. The van der Waals surface area contributed by atoms with Crippen molar-refractivity contribution in [3.63, 3.8) is 0 Å². The van der Waals surface area contributed by atoms with Gasteiger partial charge in [-0.3, -0.25) is 4.79 Å². The summed E-state index contributed by atoms with van der Waals surface area (Å²) in [6, 6.07) is 5.69. The molecule has 0 spiro atoms. The van der Waals surface area contributed by atoms with Gasteiger partial charge >= 0.3 is 75.1 Å². The van der Waals surface area contributed by atoms with Crippen LogP contribution in [0, 0.1) is 13.8 Å². The van der Waals surface area contributed by atoms with E-state index in [4.69, 9.17) is 0 Å². The number of aryl methyl sites for hydroxylation is 1. The number of carbonyl (C=O) groups is 1. The number of hydrogen-bond donors (Lipinski definition) is 1. The average Bonchev–Trinajstić information content (AvgIpc) is 3.01. The van der Waals surface area contributed by atoms with Gasteiger partial charge in [-0.05, 0) is 30.4 Å². The third-order valence-electron chi connectivity index (χ3n) is 5.07. The number of amides is 1. The Morgan fingerprint density at radius 1 is 1.25 bits per heavy atom. The standard InChI is InChI=1S/C20H22F3N3O.Cs/c1-3-6-17-13(2)18(25-24-17)19(27)26-11-9-14(10-12-26)15-7-4-5-8-16(15)20(21,22)23;/h4-5,7-8,14H,1-3,6,9-12H2,(H,24,25);/q-2;+1. The first kappa shape index (κ1) is 23.9. The molecule has 0 saturated carbocycles. The van der Waals surface area contributed by atoms with Crippen LogP contribution in [0.15, 0.2) is 24.3 Å². The molecule has 1 amide bonds. The average molecular weight is 510 g/mol. The van der Waals surface area contributed by atoms with Crippen LogP contribution in [0.3, 0.4) is 0 Å². The predicted octanol–water partition coefficient (Wildman–Crippen LogP) is 1.40. The Morgan fingerprint density at radius 2 is 1.89 bits per heavy atom. The number of aromatic amines is 1. The fraction of sp³-hybridized carbons (Fsp3) is 0.400. The van der Waals surface area contributed by atoms with Crippen LogP contribution in [0.4, 0.5) is 13.2 Å². The van der Waals surface area contributed by atoms with Crippen LogP contribution in [0.2, 0.25) is 0 Å². The van der Waals surface area contributed by atoms with Crippen molar-refractivity contribution in [1.82, 2.24) is 15.1 Å². The Bertz CT molecular complexity index is 811. The fourth-order valence-electron chi connectivity index (χ4n) is 3.62. The molecular formula is C20H22CsF3N3O-. The Hall–Kier alpha value is -0.388. The van der Waals surface area contributed by atoms with E-state index in [0.29, 0.717) is 49.9 Å². The van der Waals surface area contributed by atoms with Crippen LogP contribution >= 0.6 is 0 Å². The Morgan fingerprint density at radius 3 is 2.50 bits per heavy atom. The molecule has 0 bridgehead atoms. The van der Waals surface area contributed by atoms with E-state index in [1.807, 2.05) is 0 Å². The summed E-state index contributed by atoms with van der Waals surface area (Å²) in [4.78, 5) is 14.4. The molecule has 1 saturated heterocycles. The van der Waals surface area contributed by atoms with Gasteiger partial charge in [0, 0.05) is 18.8 Å². The molecule has 28 heavy (non-hydrogen) atoms. The van der Waals surface area contributed by atoms with Crippen molar-refractivity contribution in [3.8, 4) is 0 Å². The normalized spacial score (nSPS) is 15.4. The van der Waals surface area contributed by atoms with E-state index < -0.39 is 11.7 Å². The SMILES string of the molecule is [CH2-]CCc1[nH]nc(C(=O)N2CCC(c3ccccc3C(F)(F)F)CC2)c1[CH2-].[Cs+].